The van der Waals surface area contributed by atoms with Crippen LogP contribution in [0.1, 0.15) is 40.0 Å². The summed E-state index contributed by atoms with van der Waals surface area (Å²) in [7, 11) is 0. The molecule has 1 unspecified atom stereocenters. The number of rotatable bonds is 1. The third kappa shape index (κ3) is 1.76. The normalized spacial score (nSPS) is 30.0. The van der Waals surface area contributed by atoms with Crippen molar-refractivity contribution in [1.29, 1.82) is 0 Å². The average Bonchev–Trinajstić information content (AvgIpc) is 2.74. The van der Waals surface area contributed by atoms with E-state index in [4.69, 9.17) is 0 Å². The van der Waals surface area contributed by atoms with E-state index in [0.717, 1.165) is 0 Å². The van der Waals surface area contributed by atoms with Gasteiger partial charge in [0, 0.05) is 12.2 Å². The second-order valence-corrected chi connectivity index (χ2v) is 6.39. The molecule has 2 N–H and O–H groups in total. The molecule has 18 heavy (non-hydrogen) atoms. The van der Waals surface area contributed by atoms with Crippen LogP contribution in [0, 0.1) is 11.3 Å². The van der Waals surface area contributed by atoms with Crippen molar-refractivity contribution in [3.8, 4) is 0 Å². The minimum absolute atomic E-state index is 0.509. The minimum atomic E-state index is 0.509. The van der Waals surface area contributed by atoms with Gasteiger partial charge in [0.15, 0.2) is 0 Å². The lowest BCUT2D eigenvalue weighted by Gasteiger charge is -2.45. The summed E-state index contributed by atoms with van der Waals surface area (Å²) in [5.74, 6) is 0.688. The van der Waals surface area contributed by atoms with Crippen molar-refractivity contribution in [2.45, 2.75) is 46.1 Å². The first-order chi connectivity index (χ1) is 8.62. The Bertz CT molecular complexity index is 389. The molecule has 1 saturated heterocycles. The van der Waals surface area contributed by atoms with Gasteiger partial charge in [-0.3, -0.25) is 5.01 Å². The maximum absolute atomic E-state index is 3.50. The molecule has 3 rings (SSSR count). The van der Waals surface area contributed by atoms with Crippen LogP contribution in [0.15, 0.2) is 23.5 Å². The van der Waals surface area contributed by atoms with Gasteiger partial charge in [-0.2, -0.15) is 0 Å². The van der Waals surface area contributed by atoms with Gasteiger partial charge in [0.05, 0.1) is 5.70 Å². The molecule has 3 aliphatic rings. The molecule has 0 bridgehead atoms. The summed E-state index contributed by atoms with van der Waals surface area (Å²) in [6.45, 7) is 9.25. The Hall–Kier alpha value is -0.960. The number of hydrazine groups is 1. The monoisotopic (exact) mass is 247 g/mol. The van der Waals surface area contributed by atoms with Crippen LogP contribution in [0.25, 0.3) is 0 Å². The van der Waals surface area contributed by atoms with E-state index in [-0.39, 0.29) is 0 Å². The second-order valence-electron chi connectivity index (χ2n) is 6.39. The quantitative estimate of drug-likeness (QED) is 0.745. The van der Waals surface area contributed by atoms with E-state index in [1.807, 2.05) is 0 Å². The molecule has 3 nitrogen and oxygen atoms in total. The number of fused-ring (bicyclic) bond motifs is 1. The summed E-state index contributed by atoms with van der Waals surface area (Å²) < 4.78 is 0. The third-order valence-electron chi connectivity index (χ3n) is 5.00. The first-order valence-electron chi connectivity index (χ1n) is 7.30. The Morgan fingerprint density at radius 1 is 1.33 bits per heavy atom. The SMILES string of the molecule is CC(C)N1NC=C2CC3(CCNCC3)C(C)C=C21. The van der Waals surface area contributed by atoms with E-state index in [1.54, 1.807) is 0 Å². The van der Waals surface area contributed by atoms with Gasteiger partial charge < -0.3 is 10.7 Å². The molecular weight excluding hydrogens is 222 g/mol. The predicted octanol–water partition coefficient (Wildman–Crippen LogP) is 2.39. The van der Waals surface area contributed by atoms with E-state index < -0.39 is 0 Å². The zero-order chi connectivity index (χ0) is 12.8. The number of hydrogen-bond acceptors (Lipinski definition) is 3. The molecule has 100 valence electrons. The molecule has 0 amide bonds. The maximum Gasteiger partial charge on any atom is 0.0585 e. The van der Waals surface area contributed by atoms with Crippen LogP contribution in [0.3, 0.4) is 0 Å². The first-order valence-corrected chi connectivity index (χ1v) is 7.30. The van der Waals surface area contributed by atoms with Crippen LogP contribution in [-0.2, 0) is 0 Å². The Kier molecular flexibility index (Phi) is 2.89. The molecule has 2 heterocycles. The van der Waals surface area contributed by atoms with Gasteiger partial charge in [-0.25, -0.2) is 0 Å². The molecule has 0 radical (unpaired) electrons. The molecule has 1 aliphatic carbocycles. The van der Waals surface area contributed by atoms with Gasteiger partial charge in [0.2, 0.25) is 0 Å². The van der Waals surface area contributed by atoms with Crippen molar-refractivity contribution in [3.63, 3.8) is 0 Å². The Morgan fingerprint density at radius 3 is 2.72 bits per heavy atom. The standard InChI is InChI=1S/C15H25N3/c1-11(2)18-14-8-12(3)15(4-6-16-7-5-15)9-13(14)10-17-18/h8,10-12,16-17H,4-7,9H2,1-3H3. The van der Waals surface area contributed by atoms with Crippen LogP contribution in [0.5, 0.6) is 0 Å². The predicted molar refractivity (Wildman–Crippen MR) is 74.6 cm³/mol. The highest BCUT2D eigenvalue weighted by molar-refractivity contribution is 5.38. The van der Waals surface area contributed by atoms with Crippen LogP contribution in [0.4, 0.5) is 0 Å². The molecule has 3 heteroatoms. The maximum atomic E-state index is 3.50. The summed E-state index contributed by atoms with van der Waals surface area (Å²) in [4.78, 5) is 0. The lowest BCUT2D eigenvalue weighted by atomic mass is 9.63. The van der Waals surface area contributed by atoms with Gasteiger partial charge in [0.25, 0.3) is 0 Å². The summed E-state index contributed by atoms with van der Waals surface area (Å²) in [5.41, 5.74) is 6.89. The van der Waals surface area contributed by atoms with Crippen LogP contribution in [0.2, 0.25) is 0 Å². The number of hydrogen-bond donors (Lipinski definition) is 2. The smallest absolute Gasteiger partial charge is 0.0585 e. The Balaban J connectivity index is 1.88. The molecule has 1 atom stereocenters. The Morgan fingerprint density at radius 2 is 2.06 bits per heavy atom. The van der Waals surface area contributed by atoms with Crippen molar-refractivity contribution >= 4 is 0 Å². The van der Waals surface area contributed by atoms with Gasteiger partial charge in [0.1, 0.15) is 0 Å². The molecule has 0 aromatic heterocycles. The summed E-state index contributed by atoms with van der Waals surface area (Å²) in [6, 6.07) is 0.513. The number of allylic oxidation sites excluding steroid dienone is 2. The van der Waals surface area contributed by atoms with Crippen LogP contribution >= 0.6 is 0 Å². The van der Waals surface area contributed by atoms with Crippen LogP contribution < -0.4 is 10.7 Å². The molecular formula is C15H25N3. The molecule has 1 spiro atoms. The van der Waals surface area contributed by atoms with Crippen molar-refractivity contribution in [3.05, 3.63) is 23.5 Å². The molecule has 2 aliphatic heterocycles. The molecule has 0 saturated carbocycles. The van der Waals surface area contributed by atoms with E-state index >= 15 is 0 Å². The van der Waals surface area contributed by atoms with Gasteiger partial charge in [-0.05, 0) is 63.1 Å². The Labute approximate surface area is 110 Å². The van der Waals surface area contributed by atoms with Gasteiger partial charge in [-0.15, -0.1) is 0 Å². The van der Waals surface area contributed by atoms with E-state index in [0.29, 0.717) is 17.4 Å². The van der Waals surface area contributed by atoms with E-state index in [1.165, 1.54) is 43.6 Å². The van der Waals surface area contributed by atoms with Crippen molar-refractivity contribution < 1.29 is 0 Å². The van der Waals surface area contributed by atoms with Gasteiger partial charge in [-0.1, -0.05) is 13.0 Å². The topological polar surface area (TPSA) is 27.3 Å². The zero-order valence-electron chi connectivity index (χ0n) is 11.8. The number of piperidine rings is 1. The highest BCUT2D eigenvalue weighted by atomic mass is 15.5. The third-order valence-corrected chi connectivity index (χ3v) is 5.00. The van der Waals surface area contributed by atoms with Crippen LogP contribution in [-0.4, -0.2) is 24.1 Å². The lowest BCUT2D eigenvalue weighted by Crippen LogP contribution is -2.43. The highest BCUT2D eigenvalue weighted by Gasteiger charge is 2.42. The number of nitrogens with zero attached hydrogens (tertiary/aromatic N) is 1. The van der Waals surface area contributed by atoms with Crippen molar-refractivity contribution in [2.75, 3.05) is 13.1 Å². The van der Waals surface area contributed by atoms with Crippen molar-refractivity contribution in [1.82, 2.24) is 15.8 Å². The molecule has 0 aromatic rings. The summed E-state index contributed by atoms with van der Waals surface area (Å²) >= 11 is 0. The fraction of sp³-hybridized carbons (Fsp3) is 0.733. The van der Waals surface area contributed by atoms with E-state index in [2.05, 4.69) is 48.8 Å². The minimum Gasteiger partial charge on any atom is -0.317 e. The van der Waals surface area contributed by atoms with Crippen molar-refractivity contribution in [2.24, 2.45) is 11.3 Å². The lowest BCUT2D eigenvalue weighted by molar-refractivity contribution is 0.132. The fourth-order valence-corrected chi connectivity index (χ4v) is 3.71. The average molecular weight is 247 g/mol. The first kappa shape index (κ1) is 12.1. The molecule has 0 aromatic carbocycles. The van der Waals surface area contributed by atoms with Gasteiger partial charge >= 0.3 is 0 Å². The zero-order valence-corrected chi connectivity index (χ0v) is 11.8. The summed E-state index contributed by atoms with van der Waals surface area (Å²) in [5, 5.41) is 5.80. The fourth-order valence-electron chi connectivity index (χ4n) is 3.71. The van der Waals surface area contributed by atoms with E-state index in [9.17, 15) is 0 Å². The summed E-state index contributed by atoms with van der Waals surface area (Å²) in [6.07, 6.45) is 8.61. The number of nitrogens with one attached hydrogen (secondary N) is 2. The molecule has 1 fully saturated rings. The highest BCUT2D eigenvalue weighted by Crippen LogP contribution is 2.49. The largest absolute Gasteiger partial charge is 0.317 e. The second kappa shape index (κ2) is 4.30.